The minimum absolute atomic E-state index is 0.654. The number of hydrogen-bond acceptors (Lipinski definition) is 3. The third kappa shape index (κ3) is 2.20. The van der Waals surface area contributed by atoms with Crippen LogP contribution in [0.1, 0.15) is 17.5 Å². The molecule has 0 aliphatic heterocycles. The number of nitrogen functional groups attached to an aromatic ring is 1. The largest absolute Gasteiger partial charge is 0.397 e. The van der Waals surface area contributed by atoms with Gasteiger partial charge in [-0.05, 0) is 64.5 Å². The number of nitrogens with zero attached hydrogens (tertiary/aromatic N) is 1. The molecule has 2 aromatic rings. The summed E-state index contributed by atoms with van der Waals surface area (Å²) in [5, 5.41) is 3.32. The normalized spacial score (nSPS) is 13.4. The van der Waals surface area contributed by atoms with Gasteiger partial charge in [0.25, 0.3) is 0 Å². The molecule has 3 rings (SSSR count). The monoisotopic (exact) mass is 303 g/mol. The lowest BCUT2D eigenvalue weighted by molar-refractivity contribution is 0.912. The highest BCUT2D eigenvalue weighted by Crippen LogP contribution is 2.29. The van der Waals surface area contributed by atoms with Crippen molar-refractivity contribution >= 4 is 33.1 Å². The van der Waals surface area contributed by atoms with E-state index in [0.717, 1.165) is 16.0 Å². The number of fused-ring (bicyclic) bond motifs is 1. The van der Waals surface area contributed by atoms with E-state index in [1.54, 1.807) is 6.20 Å². The molecule has 0 bridgehead atoms. The van der Waals surface area contributed by atoms with Crippen LogP contribution < -0.4 is 11.1 Å². The second-order valence-electron chi connectivity index (χ2n) is 4.56. The standard InChI is InChI=1S/C14H14BrN3/c15-13-7-11(16)8-17-14(13)18-12-5-4-9-2-1-3-10(9)6-12/h4-8H,1-3,16H2,(H,17,18). The zero-order valence-electron chi connectivity index (χ0n) is 9.91. The molecule has 0 atom stereocenters. The van der Waals surface area contributed by atoms with Crippen molar-refractivity contribution in [2.45, 2.75) is 19.3 Å². The zero-order chi connectivity index (χ0) is 12.5. The Labute approximate surface area is 115 Å². The fraction of sp³-hybridized carbons (Fsp3) is 0.214. The molecule has 0 amide bonds. The van der Waals surface area contributed by atoms with Crippen LogP contribution in [0.15, 0.2) is 34.9 Å². The van der Waals surface area contributed by atoms with Crippen molar-refractivity contribution in [1.29, 1.82) is 0 Å². The van der Waals surface area contributed by atoms with Gasteiger partial charge in [-0.25, -0.2) is 4.98 Å². The molecule has 92 valence electrons. The zero-order valence-corrected chi connectivity index (χ0v) is 11.5. The highest BCUT2D eigenvalue weighted by atomic mass is 79.9. The Balaban J connectivity index is 1.88. The molecule has 1 aromatic heterocycles. The Bertz CT molecular complexity index is 596. The van der Waals surface area contributed by atoms with Crippen LogP contribution in [0.25, 0.3) is 0 Å². The van der Waals surface area contributed by atoms with Crippen LogP contribution in [-0.2, 0) is 12.8 Å². The molecular formula is C14H14BrN3. The molecule has 3 N–H and O–H groups in total. The van der Waals surface area contributed by atoms with Gasteiger partial charge in [-0.15, -0.1) is 0 Å². The van der Waals surface area contributed by atoms with E-state index >= 15 is 0 Å². The van der Waals surface area contributed by atoms with Gasteiger partial charge in [-0.2, -0.15) is 0 Å². The molecule has 1 aromatic carbocycles. The third-order valence-corrected chi connectivity index (χ3v) is 3.83. The average Bonchev–Trinajstić information content (AvgIpc) is 2.80. The highest BCUT2D eigenvalue weighted by molar-refractivity contribution is 9.10. The Morgan fingerprint density at radius 2 is 2.00 bits per heavy atom. The van der Waals surface area contributed by atoms with E-state index in [0.29, 0.717) is 5.69 Å². The molecule has 0 spiro atoms. The predicted molar refractivity (Wildman–Crippen MR) is 78.1 cm³/mol. The maximum Gasteiger partial charge on any atom is 0.144 e. The molecule has 0 saturated heterocycles. The number of anilines is 3. The van der Waals surface area contributed by atoms with E-state index in [2.05, 4.69) is 44.4 Å². The molecule has 1 aliphatic carbocycles. The number of pyridine rings is 1. The lowest BCUT2D eigenvalue weighted by atomic mass is 10.1. The van der Waals surface area contributed by atoms with Gasteiger partial charge in [0.1, 0.15) is 5.82 Å². The molecular weight excluding hydrogens is 290 g/mol. The Hall–Kier alpha value is -1.55. The molecule has 3 nitrogen and oxygen atoms in total. The summed E-state index contributed by atoms with van der Waals surface area (Å²) in [5.41, 5.74) is 10.3. The minimum Gasteiger partial charge on any atom is -0.397 e. The lowest BCUT2D eigenvalue weighted by Gasteiger charge is -2.09. The van der Waals surface area contributed by atoms with Crippen molar-refractivity contribution in [3.63, 3.8) is 0 Å². The van der Waals surface area contributed by atoms with Crippen LogP contribution in [0, 0.1) is 0 Å². The smallest absolute Gasteiger partial charge is 0.144 e. The molecule has 0 radical (unpaired) electrons. The van der Waals surface area contributed by atoms with Gasteiger partial charge in [0.05, 0.1) is 16.4 Å². The van der Waals surface area contributed by atoms with E-state index in [1.807, 2.05) is 6.07 Å². The van der Waals surface area contributed by atoms with Crippen LogP contribution in [0.5, 0.6) is 0 Å². The van der Waals surface area contributed by atoms with Crippen LogP contribution in [0.3, 0.4) is 0 Å². The van der Waals surface area contributed by atoms with Crippen molar-refractivity contribution in [2.75, 3.05) is 11.1 Å². The summed E-state index contributed by atoms with van der Waals surface area (Å²) in [7, 11) is 0. The molecule has 1 heterocycles. The first-order valence-corrected chi connectivity index (χ1v) is 6.81. The first-order valence-electron chi connectivity index (χ1n) is 6.02. The Morgan fingerprint density at radius 1 is 1.17 bits per heavy atom. The summed E-state index contributed by atoms with van der Waals surface area (Å²) in [6.45, 7) is 0. The van der Waals surface area contributed by atoms with Gasteiger partial charge in [-0.3, -0.25) is 0 Å². The van der Waals surface area contributed by atoms with E-state index in [4.69, 9.17) is 5.73 Å². The SMILES string of the molecule is Nc1cnc(Nc2ccc3c(c2)CCC3)c(Br)c1. The minimum atomic E-state index is 0.654. The number of aromatic nitrogens is 1. The van der Waals surface area contributed by atoms with E-state index < -0.39 is 0 Å². The van der Waals surface area contributed by atoms with Crippen molar-refractivity contribution in [2.24, 2.45) is 0 Å². The summed E-state index contributed by atoms with van der Waals surface area (Å²) in [4.78, 5) is 4.28. The maximum absolute atomic E-state index is 5.67. The second kappa shape index (κ2) is 4.61. The fourth-order valence-electron chi connectivity index (χ4n) is 2.33. The fourth-order valence-corrected chi connectivity index (χ4v) is 2.80. The maximum atomic E-state index is 5.67. The van der Waals surface area contributed by atoms with Crippen LogP contribution >= 0.6 is 15.9 Å². The summed E-state index contributed by atoms with van der Waals surface area (Å²) in [5.74, 6) is 0.794. The second-order valence-corrected chi connectivity index (χ2v) is 5.42. The lowest BCUT2D eigenvalue weighted by Crippen LogP contribution is -1.97. The molecule has 0 saturated carbocycles. The summed E-state index contributed by atoms with van der Waals surface area (Å²) in [6, 6.07) is 8.38. The van der Waals surface area contributed by atoms with Crippen LogP contribution in [-0.4, -0.2) is 4.98 Å². The predicted octanol–water partition coefficient (Wildman–Crippen LogP) is 3.66. The number of benzene rings is 1. The molecule has 0 fully saturated rings. The van der Waals surface area contributed by atoms with Crippen molar-refractivity contribution < 1.29 is 0 Å². The van der Waals surface area contributed by atoms with Gasteiger partial charge in [0.2, 0.25) is 0 Å². The number of rotatable bonds is 2. The molecule has 18 heavy (non-hydrogen) atoms. The number of aryl methyl sites for hydroxylation is 2. The first-order chi connectivity index (χ1) is 8.72. The van der Waals surface area contributed by atoms with E-state index in [1.165, 1.54) is 30.4 Å². The number of hydrogen-bond donors (Lipinski definition) is 2. The van der Waals surface area contributed by atoms with Crippen molar-refractivity contribution in [3.05, 3.63) is 46.1 Å². The van der Waals surface area contributed by atoms with E-state index in [-0.39, 0.29) is 0 Å². The third-order valence-electron chi connectivity index (χ3n) is 3.22. The molecule has 4 heteroatoms. The first kappa shape index (κ1) is 11.5. The number of halogens is 1. The Kier molecular flexibility index (Phi) is 2.96. The summed E-state index contributed by atoms with van der Waals surface area (Å²) < 4.78 is 0.878. The van der Waals surface area contributed by atoms with Gasteiger partial charge in [-0.1, -0.05) is 6.07 Å². The van der Waals surface area contributed by atoms with Crippen LogP contribution in [0.2, 0.25) is 0 Å². The summed E-state index contributed by atoms with van der Waals surface area (Å²) in [6.07, 6.45) is 5.31. The van der Waals surface area contributed by atoms with E-state index in [9.17, 15) is 0 Å². The van der Waals surface area contributed by atoms with Gasteiger partial charge in [0.15, 0.2) is 0 Å². The number of nitrogens with two attached hydrogens (primary N) is 1. The number of nitrogens with one attached hydrogen (secondary N) is 1. The van der Waals surface area contributed by atoms with Crippen molar-refractivity contribution in [3.8, 4) is 0 Å². The van der Waals surface area contributed by atoms with Gasteiger partial charge >= 0.3 is 0 Å². The Morgan fingerprint density at radius 3 is 2.83 bits per heavy atom. The quantitative estimate of drug-likeness (QED) is 0.890. The van der Waals surface area contributed by atoms with Gasteiger partial charge < -0.3 is 11.1 Å². The summed E-state index contributed by atoms with van der Waals surface area (Å²) >= 11 is 3.46. The topological polar surface area (TPSA) is 50.9 Å². The van der Waals surface area contributed by atoms with Gasteiger partial charge in [0, 0.05) is 5.69 Å². The molecule has 1 aliphatic rings. The highest BCUT2D eigenvalue weighted by Gasteiger charge is 2.11. The van der Waals surface area contributed by atoms with Crippen LogP contribution in [0.4, 0.5) is 17.2 Å². The molecule has 0 unspecified atom stereocenters. The van der Waals surface area contributed by atoms with Crippen molar-refractivity contribution in [1.82, 2.24) is 4.98 Å². The average molecular weight is 304 g/mol.